The Morgan fingerprint density at radius 1 is 1.50 bits per heavy atom. The van der Waals surface area contributed by atoms with Crippen molar-refractivity contribution in [2.75, 3.05) is 18.9 Å². The standard InChI is InChI=1S/C11H12BrN3O/c12-7-1-2-9-10(5-7)15(11(13)14-9)8-3-4-16-6-8/h1-2,5,8H,3-4,6H2,(H2,13,14). The van der Waals surface area contributed by atoms with Gasteiger partial charge in [-0.05, 0) is 24.6 Å². The molecule has 1 aromatic heterocycles. The Kier molecular flexibility index (Phi) is 2.37. The van der Waals surface area contributed by atoms with Crippen LogP contribution in [0, 0.1) is 0 Å². The molecule has 0 bridgehead atoms. The summed E-state index contributed by atoms with van der Waals surface area (Å²) in [5.41, 5.74) is 7.97. The highest BCUT2D eigenvalue weighted by Crippen LogP contribution is 2.29. The third kappa shape index (κ3) is 1.51. The Morgan fingerprint density at radius 3 is 3.12 bits per heavy atom. The number of nitrogens with two attached hydrogens (primary N) is 1. The third-order valence-electron chi connectivity index (χ3n) is 2.95. The van der Waals surface area contributed by atoms with Crippen molar-refractivity contribution in [2.24, 2.45) is 0 Å². The van der Waals surface area contributed by atoms with E-state index in [1.807, 2.05) is 12.1 Å². The Hall–Kier alpha value is -1.07. The van der Waals surface area contributed by atoms with Crippen molar-refractivity contribution in [1.82, 2.24) is 9.55 Å². The summed E-state index contributed by atoms with van der Waals surface area (Å²) in [7, 11) is 0. The summed E-state index contributed by atoms with van der Waals surface area (Å²) < 4.78 is 8.52. The van der Waals surface area contributed by atoms with Gasteiger partial charge in [-0.2, -0.15) is 0 Å². The van der Waals surface area contributed by atoms with Crippen LogP contribution in [-0.2, 0) is 4.74 Å². The second kappa shape index (κ2) is 3.75. The molecular formula is C11H12BrN3O. The molecule has 16 heavy (non-hydrogen) atoms. The molecule has 4 nitrogen and oxygen atoms in total. The highest BCUT2D eigenvalue weighted by Gasteiger charge is 2.22. The molecule has 0 aliphatic carbocycles. The highest BCUT2D eigenvalue weighted by atomic mass is 79.9. The Balaban J connectivity index is 2.20. The lowest BCUT2D eigenvalue weighted by Gasteiger charge is -2.12. The van der Waals surface area contributed by atoms with Crippen LogP contribution in [0.4, 0.5) is 5.95 Å². The normalized spacial score (nSPS) is 20.7. The van der Waals surface area contributed by atoms with Crippen LogP contribution in [0.3, 0.4) is 0 Å². The highest BCUT2D eigenvalue weighted by molar-refractivity contribution is 9.10. The second-order valence-electron chi connectivity index (χ2n) is 3.99. The first-order valence-corrected chi connectivity index (χ1v) is 6.06. The monoisotopic (exact) mass is 281 g/mol. The molecule has 2 aromatic rings. The molecular weight excluding hydrogens is 270 g/mol. The molecule has 1 atom stereocenters. The number of nitrogens with zero attached hydrogens (tertiary/aromatic N) is 2. The van der Waals surface area contributed by atoms with Crippen molar-refractivity contribution in [3.8, 4) is 0 Å². The Morgan fingerprint density at radius 2 is 2.38 bits per heavy atom. The van der Waals surface area contributed by atoms with Gasteiger partial charge in [-0.15, -0.1) is 0 Å². The van der Waals surface area contributed by atoms with E-state index in [-0.39, 0.29) is 0 Å². The number of benzene rings is 1. The van der Waals surface area contributed by atoms with Gasteiger partial charge in [-0.25, -0.2) is 4.98 Å². The quantitative estimate of drug-likeness (QED) is 0.873. The minimum absolute atomic E-state index is 0.319. The zero-order chi connectivity index (χ0) is 11.1. The third-order valence-corrected chi connectivity index (χ3v) is 3.44. The molecule has 1 fully saturated rings. The zero-order valence-electron chi connectivity index (χ0n) is 8.69. The summed E-state index contributed by atoms with van der Waals surface area (Å²) in [6.07, 6.45) is 1.00. The van der Waals surface area contributed by atoms with Crippen molar-refractivity contribution in [1.29, 1.82) is 0 Å². The van der Waals surface area contributed by atoms with Gasteiger partial charge in [0.15, 0.2) is 0 Å². The van der Waals surface area contributed by atoms with Crippen molar-refractivity contribution in [3.63, 3.8) is 0 Å². The van der Waals surface area contributed by atoms with Crippen molar-refractivity contribution in [2.45, 2.75) is 12.5 Å². The molecule has 1 aromatic carbocycles. The molecule has 0 radical (unpaired) electrons. The Labute approximate surface area is 102 Å². The molecule has 0 saturated carbocycles. The Bertz CT molecular complexity index is 531. The SMILES string of the molecule is Nc1nc2ccc(Br)cc2n1C1CCOC1. The number of aromatic nitrogens is 2. The summed E-state index contributed by atoms with van der Waals surface area (Å²) in [6, 6.07) is 6.32. The topological polar surface area (TPSA) is 53.1 Å². The van der Waals surface area contributed by atoms with E-state index >= 15 is 0 Å². The van der Waals surface area contributed by atoms with Gasteiger partial charge in [0.2, 0.25) is 5.95 Å². The number of halogens is 1. The molecule has 1 aliphatic rings. The van der Waals surface area contributed by atoms with Gasteiger partial charge in [-0.1, -0.05) is 15.9 Å². The lowest BCUT2D eigenvalue weighted by atomic mass is 10.2. The molecule has 2 N–H and O–H groups in total. The van der Waals surface area contributed by atoms with Crippen LogP contribution in [0.25, 0.3) is 11.0 Å². The number of nitrogen functional groups attached to an aromatic ring is 1. The maximum atomic E-state index is 5.96. The minimum atomic E-state index is 0.319. The molecule has 84 valence electrons. The fraction of sp³-hybridized carbons (Fsp3) is 0.364. The van der Waals surface area contributed by atoms with Crippen molar-refractivity contribution < 1.29 is 4.74 Å². The predicted molar refractivity (Wildman–Crippen MR) is 66.3 cm³/mol. The predicted octanol–water partition coefficient (Wildman–Crippen LogP) is 2.34. The summed E-state index contributed by atoms with van der Waals surface area (Å²) in [5.74, 6) is 0.573. The van der Waals surface area contributed by atoms with E-state index in [0.717, 1.165) is 35.1 Å². The average molecular weight is 282 g/mol. The summed E-state index contributed by atoms with van der Waals surface area (Å²) in [5, 5.41) is 0. The van der Waals surface area contributed by atoms with Crippen molar-refractivity contribution >= 4 is 32.9 Å². The number of fused-ring (bicyclic) bond motifs is 1. The maximum absolute atomic E-state index is 5.96. The second-order valence-corrected chi connectivity index (χ2v) is 4.91. The van der Waals surface area contributed by atoms with Crippen LogP contribution in [0.15, 0.2) is 22.7 Å². The van der Waals surface area contributed by atoms with Gasteiger partial charge in [0.25, 0.3) is 0 Å². The van der Waals surface area contributed by atoms with Gasteiger partial charge in [0.1, 0.15) is 0 Å². The summed E-state index contributed by atoms with van der Waals surface area (Å²) in [6.45, 7) is 1.53. The van der Waals surface area contributed by atoms with Crippen molar-refractivity contribution in [3.05, 3.63) is 22.7 Å². The number of hydrogen-bond acceptors (Lipinski definition) is 3. The van der Waals surface area contributed by atoms with E-state index in [9.17, 15) is 0 Å². The van der Waals surface area contributed by atoms with Crippen LogP contribution < -0.4 is 5.73 Å². The number of rotatable bonds is 1. The van der Waals surface area contributed by atoms with E-state index in [2.05, 4.69) is 31.5 Å². The van der Waals surface area contributed by atoms with E-state index in [4.69, 9.17) is 10.5 Å². The van der Waals surface area contributed by atoms with Crippen LogP contribution in [-0.4, -0.2) is 22.8 Å². The smallest absolute Gasteiger partial charge is 0.201 e. The van der Waals surface area contributed by atoms with Gasteiger partial charge in [0.05, 0.1) is 23.7 Å². The minimum Gasteiger partial charge on any atom is -0.379 e. The molecule has 1 unspecified atom stereocenters. The van der Waals surface area contributed by atoms with Gasteiger partial charge < -0.3 is 15.0 Å². The van der Waals surface area contributed by atoms with Crippen LogP contribution in [0.1, 0.15) is 12.5 Å². The molecule has 1 saturated heterocycles. The molecule has 0 amide bonds. The van der Waals surface area contributed by atoms with Crippen LogP contribution in [0.2, 0.25) is 0 Å². The first kappa shape index (κ1) is 10.1. The van der Waals surface area contributed by atoms with Gasteiger partial charge in [0, 0.05) is 11.1 Å². The van der Waals surface area contributed by atoms with E-state index in [0.29, 0.717) is 12.0 Å². The number of imidazole rings is 1. The molecule has 2 heterocycles. The first-order chi connectivity index (χ1) is 7.75. The molecule has 1 aliphatic heterocycles. The number of anilines is 1. The summed E-state index contributed by atoms with van der Waals surface area (Å²) in [4.78, 5) is 4.36. The summed E-state index contributed by atoms with van der Waals surface area (Å²) >= 11 is 3.47. The molecule has 0 spiro atoms. The number of ether oxygens (including phenoxy) is 1. The first-order valence-electron chi connectivity index (χ1n) is 5.26. The largest absolute Gasteiger partial charge is 0.379 e. The lowest BCUT2D eigenvalue weighted by molar-refractivity contribution is 0.187. The lowest BCUT2D eigenvalue weighted by Crippen LogP contribution is -2.11. The van der Waals surface area contributed by atoms with E-state index < -0.39 is 0 Å². The fourth-order valence-corrected chi connectivity index (χ4v) is 2.54. The van der Waals surface area contributed by atoms with Gasteiger partial charge in [-0.3, -0.25) is 0 Å². The number of hydrogen-bond donors (Lipinski definition) is 1. The van der Waals surface area contributed by atoms with E-state index in [1.54, 1.807) is 0 Å². The van der Waals surface area contributed by atoms with Crippen LogP contribution in [0.5, 0.6) is 0 Å². The fourth-order valence-electron chi connectivity index (χ4n) is 2.19. The molecule has 3 rings (SSSR count). The average Bonchev–Trinajstić information content (AvgIpc) is 2.83. The van der Waals surface area contributed by atoms with E-state index in [1.165, 1.54) is 0 Å². The maximum Gasteiger partial charge on any atom is 0.201 e. The zero-order valence-corrected chi connectivity index (χ0v) is 10.3. The van der Waals surface area contributed by atoms with Gasteiger partial charge >= 0.3 is 0 Å². The van der Waals surface area contributed by atoms with Crippen LogP contribution >= 0.6 is 15.9 Å². The molecule has 5 heteroatoms.